The highest BCUT2D eigenvalue weighted by molar-refractivity contribution is 5.65. The van der Waals surface area contributed by atoms with Crippen LogP contribution >= 0.6 is 0 Å². The third-order valence-corrected chi connectivity index (χ3v) is 3.12. The number of methoxy groups -OCH3 is 1. The number of ether oxygens (including phenoxy) is 1. The first-order valence-corrected chi connectivity index (χ1v) is 6.08. The van der Waals surface area contributed by atoms with Crippen molar-refractivity contribution in [2.24, 2.45) is 0 Å². The Bertz CT molecular complexity index is 638. The molecule has 0 aliphatic heterocycles. The van der Waals surface area contributed by atoms with Gasteiger partial charge in [0, 0.05) is 11.1 Å². The Morgan fingerprint density at radius 1 is 1.26 bits per heavy atom. The first-order chi connectivity index (χ1) is 9.08. The molecule has 0 spiro atoms. The zero-order valence-electron chi connectivity index (χ0n) is 11.2. The highest BCUT2D eigenvalue weighted by Gasteiger charge is 2.16. The molecule has 0 saturated heterocycles. The summed E-state index contributed by atoms with van der Waals surface area (Å²) in [5.41, 5.74) is 1.11. The molecule has 4 nitrogen and oxygen atoms in total. The predicted molar refractivity (Wildman–Crippen MR) is 72.7 cm³/mol. The molecule has 0 amide bonds. The zero-order chi connectivity index (χ0) is 14.0. The van der Waals surface area contributed by atoms with E-state index in [-0.39, 0.29) is 11.3 Å². The Labute approximate surface area is 111 Å². The van der Waals surface area contributed by atoms with Crippen LogP contribution in [0.15, 0.2) is 33.5 Å². The van der Waals surface area contributed by atoms with Gasteiger partial charge in [-0.2, -0.15) is 0 Å². The lowest BCUT2D eigenvalue weighted by molar-refractivity contribution is 0.414. The molecule has 1 aromatic heterocycles. The average molecular weight is 260 g/mol. The van der Waals surface area contributed by atoms with Crippen molar-refractivity contribution in [1.29, 1.82) is 0 Å². The Kier molecular flexibility index (Phi) is 3.60. The molecule has 0 saturated carbocycles. The topological polar surface area (TPSA) is 59.7 Å². The van der Waals surface area contributed by atoms with Gasteiger partial charge < -0.3 is 14.3 Å². The fraction of sp³-hybridized carbons (Fsp3) is 0.267. The summed E-state index contributed by atoms with van der Waals surface area (Å²) in [5.74, 6) is 1.16. The van der Waals surface area contributed by atoms with Crippen LogP contribution in [0, 0.1) is 6.92 Å². The molecule has 1 N–H and O–H groups in total. The largest absolute Gasteiger partial charge is 0.507 e. The van der Waals surface area contributed by atoms with E-state index in [0.29, 0.717) is 17.7 Å². The molecule has 19 heavy (non-hydrogen) atoms. The second-order valence-electron chi connectivity index (χ2n) is 4.25. The van der Waals surface area contributed by atoms with E-state index in [0.717, 1.165) is 11.3 Å². The molecule has 0 aliphatic carbocycles. The first-order valence-electron chi connectivity index (χ1n) is 6.08. The summed E-state index contributed by atoms with van der Waals surface area (Å²) in [4.78, 5) is 11.7. The second kappa shape index (κ2) is 5.18. The minimum Gasteiger partial charge on any atom is -0.507 e. The van der Waals surface area contributed by atoms with Crippen LogP contribution in [0.4, 0.5) is 0 Å². The highest BCUT2D eigenvalue weighted by atomic mass is 16.5. The van der Waals surface area contributed by atoms with Gasteiger partial charge in [0.2, 0.25) is 0 Å². The van der Waals surface area contributed by atoms with Crippen molar-refractivity contribution in [1.82, 2.24) is 0 Å². The van der Waals surface area contributed by atoms with Gasteiger partial charge in [0.05, 0.1) is 12.7 Å². The van der Waals surface area contributed by atoms with Gasteiger partial charge in [0.15, 0.2) is 0 Å². The van der Waals surface area contributed by atoms with Crippen LogP contribution in [-0.2, 0) is 6.42 Å². The molecule has 2 aromatic rings. The Balaban J connectivity index is 2.63. The molecule has 0 radical (unpaired) electrons. The Hall–Kier alpha value is -2.23. The van der Waals surface area contributed by atoms with Crippen molar-refractivity contribution < 1.29 is 14.3 Å². The molecular weight excluding hydrogens is 244 g/mol. The van der Waals surface area contributed by atoms with Crippen LogP contribution < -0.4 is 10.4 Å². The fourth-order valence-electron chi connectivity index (χ4n) is 1.96. The normalized spacial score (nSPS) is 10.5. The maximum Gasteiger partial charge on any atom is 0.342 e. The van der Waals surface area contributed by atoms with Crippen molar-refractivity contribution in [2.75, 3.05) is 7.11 Å². The third-order valence-electron chi connectivity index (χ3n) is 3.12. The molecule has 0 atom stereocenters. The monoisotopic (exact) mass is 260 g/mol. The molecule has 0 fully saturated rings. The standard InChI is InChI=1S/C15H16O4/c1-4-12-13(16)9(2)15(17)19-14(12)10-5-7-11(18-3)8-6-10/h5-8,16H,4H2,1-3H3. The maximum absolute atomic E-state index is 11.7. The summed E-state index contributed by atoms with van der Waals surface area (Å²) in [6.07, 6.45) is 0.581. The van der Waals surface area contributed by atoms with Gasteiger partial charge in [-0.15, -0.1) is 0 Å². The third kappa shape index (κ3) is 2.34. The SMILES string of the molecule is CCc1c(-c2ccc(OC)cc2)oc(=O)c(C)c1O. The predicted octanol–water partition coefficient (Wildman–Crippen LogP) is 2.89. The van der Waals surface area contributed by atoms with Gasteiger partial charge in [-0.05, 0) is 37.6 Å². The minimum atomic E-state index is -0.513. The van der Waals surface area contributed by atoms with E-state index in [1.165, 1.54) is 0 Å². The van der Waals surface area contributed by atoms with Crippen molar-refractivity contribution in [2.45, 2.75) is 20.3 Å². The molecule has 1 heterocycles. The average Bonchev–Trinajstić information content (AvgIpc) is 2.44. The summed E-state index contributed by atoms with van der Waals surface area (Å²) in [5, 5.41) is 10.0. The van der Waals surface area contributed by atoms with Gasteiger partial charge in [0.1, 0.15) is 17.3 Å². The molecular formula is C15H16O4. The molecule has 4 heteroatoms. The first kappa shape index (κ1) is 13.2. The number of rotatable bonds is 3. The number of benzene rings is 1. The quantitative estimate of drug-likeness (QED) is 0.921. The Morgan fingerprint density at radius 3 is 2.42 bits per heavy atom. The van der Waals surface area contributed by atoms with E-state index < -0.39 is 5.63 Å². The summed E-state index contributed by atoms with van der Waals surface area (Å²) in [6.45, 7) is 3.46. The Morgan fingerprint density at radius 2 is 1.89 bits per heavy atom. The van der Waals surface area contributed by atoms with Gasteiger partial charge >= 0.3 is 5.63 Å². The number of aromatic hydroxyl groups is 1. The van der Waals surface area contributed by atoms with Gasteiger partial charge in [-0.3, -0.25) is 0 Å². The summed E-state index contributed by atoms with van der Waals surface area (Å²) >= 11 is 0. The molecule has 0 aliphatic rings. The smallest absolute Gasteiger partial charge is 0.342 e. The van der Waals surface area contributed by atoms with Crippen molar-refractivity contribution in [3.63, 3.8) is 0 Å². The van der Waals surface area contributed by atoms with Gasteiger partial charge in [-0.25, -0.2) is 4.79 Å². The van der Waals surface area contributed by atoms with Crippen LogP contribution in [0.1, 0.15) is 18.1 Å². The highest BCUT2D eigenvalue weighted by Crippen LogP contribution is 2.31. The number of hydrogen-bond acceptors (Lipinski definition) is 4. The summed E-state index contributed by atoms with van der Waals surface area (Å²) in [6, 6.07) is 7.16. The molecule has 1 aromatic carbocycles. The van der Waals surface area contributed by atoms with Crippen molar-refractivity contribution in [3.05, 3.63) is 45.8 Å². The summed E-state index contributed by atoms with van der Waals surface area (Å²) < 4.78 is 10.4. The molecule has 100 valence electrons. The van der Waals surface area contributed by atoms with Gasteiger partial charge in [0.25, 0.3) is 0 Å². The molecule has 0 unspecified atom stereocenters. The lowest BCUT2D eigenvalue weighted by atomic mass is 10.0. The van der Waals surface area contributed by atoms with E-state index >= 15 is 0 Å². The minimum absolute atomic E-state index is 0.0181. The van der Waals surface area contributed by atoms with E-state index in [1.807, 2.05) is 6.92 Å². The fourth-order valence-corrected chi connectivity index (χ4v) is 1.96. The lowest BCUT2D eigenvalue weighted by Gasteiger charge is -2.10. The van der Waals surface area contributed by atoms with E-state index in [2.05, 4.69) is 0 Å². The van der Waals surface area contributed by atoms with Gasteiger partial charge in [-0.1, -0.05) is 6.92 Å². The van der Waals surface area contributed by atoms with Crippen LogP contribution in [0.2, 0.25) is 0 Å². The van der Waals surface area contributed by atoms with Crippen LogP contribution in [0.5, 0.6) is 11.5 Å². The van der Waals surface area contributed by atoms with E-state index in [9.17, 15) is 9.90 Å². The zero-order valence-corrected chi connectivity index (χ0v) is 11.2. The van der Waals surface area contributed by atoms with Crippen molar-refractivity contribution in [3.8, 4) is 22.8 Å². The van der Waals surface area contributed by atoms with Crippen LogP contribution in [0.25, 0.3) is 11.3 Å². The van der Waals surface area contributed by atoms with Crippen molar-refractivity contribution >= 4 is 0 Å². The van der Waals surface area contributed by atoms with Crippen LogP contribution in [-0.4, -0.2) is 12.2 Å². The number of hydrogen-bond donors (Lipinski definition) is 1. The molecule has 2 rings (SSSR count). The van der Waals surface area contributed by atoms with Crippen LogP contribution in [0.3, 0.4) is 0 Å². The summed E-state index contributed by atoms with van der Waals surface area (Å²) in [7, 11) is 1.59. The lowest BCUT2D eigenvalue weighted by Crippen LogP contribution is -2.07. The van der Waals surface area contributed by atoms with E-state index in [4.69, 9.17) is 9.15 Å². The molecule has 0 bridgehead atoms. The second-order valence-corrected chi connectivity index (χ2v) is 4.25. The maximum atomic E-state index is 11.7. The van der Waals surface area contributed by atoms with E-state index in [1.54, 1.807) is 38.3 Å².